The molecule has 0 fully saturated rings. The Bertz CT molecular complexity index is 893. The number of amides is 2. The standard InChI is InChI=1S/C19H16N4O2/c20-18(24)15-5-3-14(4-6-15)16-8-17(12-22-11-16)19(25)23-10-13-2-1-7-21-9-13/h1-9,11-12H,10H2,(H2,20,24)(H,23,25). The van der Waals surface area contributed by atoms with Crippen LogP contribution in [-0.2, 0) is 6.54 Å². The maximum atomic E-state index is 12.3. The van der Waals surface area contributed by atoms with Gasteiger partial charge < -0.3 is 11.1 Å². The summed E-state index contributed by atoms with van der Waals surface area (Å²) in [5.74, 6) is -0.694. The van der Waals surface area contributed by atoms with Crippen molar-refractivity contribution in [1.82, 2.24) is 15.3 Å². The highest BCUT2D eigenvalue weighted by atomic mass is 16.2. The first-order chi connectivity index (χ1) is 12.1. The van der Waals surface area contributed by atoms with Crippen LogP contribution in [0.3, 0.4) is 0 Å². The Morgan fingerprint density at radius 1 is 0.920 bits per heavy atom. The second kappa shape index (κ2) is 7.35. The fourth-order valence-corrected chi connectivity index (χ4v) is 2.34. The van der Waals surface area contributed by atoms with Crippen molar-refractivity contribution in [3.05, 3.63) is 83.9 Å². The quantitative estimate of drug-likeness (QED) is 0.748. The second-order valence-corrected chi connectivity index (χ2v) is 5.45. The van der Waals surface area contributed by atoms with Gasteiger partial charge in [-0.25, -0.2) is 0 Å². The van der Waals surface area contributed by atoms with Crippen molar-refractivity contribution in [2.24, 2.45) is 5.73 Å². The maximum Gasteiger partial charge on any atom is 0.253 e. The Kier molecular flexibility index (Phi) is 4.80. The van der Waals surface area contributed by atoms with Gasteiger partial charge in [0.15, 0.2) is 0 Å². The van der Waals surface area contributed by atoms with Crippen molar-refractivity contribution in [3.63, 3.8) is 0 Å². The van der Waals surface area contributed by atoms with E-state index in [1.54, 1.807) is 48.9 Å². The molecule has 0 unspecified atom stereocenters. The number of carbonyl (C=O) groups is 2. The summed E-state index contributed by atoms with van der Waals surface area (Å²) >= 11 is 0. The van der Waals surface area contributed by atoms with Crippen molar-refractivity contribution in [2.45, 2.75) is 6.54 Å². The molecule has 3 N–H and O–H groups in total. The van der Waals surface area contributed by atoms with Gasteiger partial charge in [0, 0.05) is 42.5 Å². The first kappa shape index (κ1) is 16.3. The average Bonchev–Trinajstić information content (AvgIpc) is 2.67. The predicted molar refractivity (Wildman–Crippen MR) is 93.6 cm³/mol. The third-order valence-corrected chi connectivity index (χ3v) is 3.68. The van der Waals surface area contributed by atoms with Gasteiger partial charge in [-0.3, -0.25) is 19.6 Å². The van der Waals surface area contributed by atoms with E-state index in [1.807, 2.05) is 12.1 Å². The lowest BCUT2D eigenvalue weighted by atomic mass is 10.0. The molecule has 0 spiro atoms. The molecule has 2 aromatic heterocycles. The van der Waals surface area contributed by atoms with Crippen LogP contribution in [0.1, 0.15) is 26.3 Å². The molecule has 0 saturated heterocycles. The number of hydrogen-bond acceptors (Lipinski definition) is 4. The van der Waals surface area contributed by atoms with Gasteiger partial charge in [0.2, 0.25) is 5.91 Å². The monoisotopic (exact) mass is 332 g/mol. The molecule has 3 aromatic rings. The minimum absolute atomic E-state index is 0.216. The number of aromatic nitrogens is 2. The normalized spacial score (nSPS) is 10.2. The van der Waals surface area contributed by atoms with Crippen molar-refractivity contribution in [1.29, 1.82) is 0 Å². The minimum Gasteiger partial charge on any atom is -0.366 e. The van der Waals surface area contributed by atoms with Crippen LogP contribution >= 0.6 is 0 Å². The molecule has 6 nitrogen and oxygen atoms in total. The van der Waals surface area contributed by atoms with Gasteiger partial charge in [-0.1, -0.05) is 18.2 Å². The van der Waals surface area contributed by atoms with Gasteiger partial charge >= 0.3 is 0 Å². The first-order valence-corrected chi connectivity index (χ1v) is 7.66. The van der Waals surface area contributed by atoms with Gasteiger partial charge in [-0.15, -0.1) is 0 Å². The Hall–Kier alpha value is -3.54. The SMILES string of the molecule is NC(=O)c1ccc(-c2cncc(C(=O)NCc3cccnc3)c2)cc1. The van der Waals surface area contributed by atoms with Crippen LogP contribution in [0, 0.1) is 0 Å². The fourth-order valence-electron chi connectivity index (χ4n) is 2.34. The van der Waals surface area contributed by atoms with Crippen molar-refractivity contribution < 1.29 is 9.59 Å². The molecule has 124 valence electrons. The molecule has 1 aromatic carbocycles. The zero-order valence-corrected chi connectivity index (χ0v) is 13.3. The van der Waals surface area contributed by atoms with Gasteiger partial charge in [0.25, 0.3) is 5.91 Å². The highest BCUT2D eigenvalue weighted by Crippen LogP contribution is 2.20. The summed E-state index contributed by atoms with van der Waals surface area (Å²) in [6.07, 6.45) is 6.56. The van der Waals surface area contributed by atoms with Crippen LogP contribution in [0.5, 0.6) is 0 Å². The largest absolute Gasteiger partial charge is 0.366 e. The lowest BCUT2D eigenvalue weighted by molar-refractivity contribution is 0.0949. The van der Waals surface area contributed by atoms with Gasteiger partial charge in [0.1, 0.15) is 0 Å². The smallest absolute Gasteiger partial charge is 0.253 e. The van der Waals surface area contributed by atoms with E-state index in [0.717, 1.165) is 16.7 Å². The number of pyridine rings is 2. The van der Waals surface area contributed by atoms with Crippen LogP contribution in [0.2, 0.25) is 0 Å². The molecular formula is C19H16N4O2. The minimum atomic E-state index is -0.479. The lowest BCUT2D eigenvalue weighted by Gasteiger charge is -2.07. The summed E-state index contributed by atoms with van der Waals surface area (Å²) in [7, 11) is 0. The molecule has 2 amide bonds. The van der Waals surface area contributed by atoms with E-state index in [-0.39, 0.29) is 5.91 Å². The van der Waals surface area contributed by atoms with E-state index in [1.165, 1.54) is 6.20 Å². The van der Waals surface area contributed by atoms with Gasteiger partial charge in [0.05, 0.1) is 5.56 Å². The molecule has 6 heteroatoms. The molecule has 2 heterocycles. The fraction of sp³-hybridized carbons (Fsp3) is 0.0526. The van der Waals surface area contributed by atoms with E-state index in [4.69, 9.17) is 5.73 Å². The number of carbonyl (C=O) groups excluding carboxylic acids is 2. The van der Waals surface area contributed by atoms with E-state index >= 15 is 0 Å². The van der Waals surface area contributed by atoms with Gasteiger partial charge in [-0.2, -0.15) is 0 Å². The van der Waals surface area contributed by atoms with Crippen LogP contribution in [0.15, 0.2) is 67.3 Å². The van der Waals surface area contributed by atoms with Crippen LogP contribution < -0.4 is 11.1 Å². The Morgan fingerprint density at radius 3 is 2.40 bits per heavy atom. The van der Waals surface area contributed by atoms with Crippen LogP contribution in [-0.4, -0.2) is 21.8 Å². The molecule has 25 heavy (non-hydrogen) atoms. The third kappa shape index (κ3) is 4.06. The van der Waals surface area contributed by atoms with Gasteiger partial charge in [-0.05, 0) is 35.4 Å². The van der Waals surface area contributed by atoms with E-state index in [9.17, 15) is 9.59 Å². The zero-order chi connectivity index (χ0) is 17.6. The van der Waals surface area contributed by atoms with Crippen molar-refractivity contribution >= 4 is 11.8 Å². The summed E-state index contributed by atoms with van der Waals surface area (Å²) < 4.78 is 0. The van der Waals surface area contributed by atoms with Crippen molar-refractivity contribution in [2.75, 3.05) is 0 Å². The predicted octanol–water partition coefficient (Wildman–Crippen LogP) is 2.17. The first-order valence-electron chi connectivity index (χ1n) is 7.66. The van der Waals surface area contributed by atoms with E-state index in [0.29, 0.717) is 17.7 Å². The number of rotatable bonds is 5. The summed E-state index contributed by atoms with van der Waals surface area (Å²) in [4.78, 5) is 31.6. The number of hydrogen-bond donors (Lipinski definition) is 2. The highest BCUT2D eigenvalue weighted by Gasteiger charge is 2.08. The van der Waals surface area contributed by atoms with Crippen LogP contribution in [0.25, 0.3) is 11.1 Å². The summed E-state index contributed by atoms with van der Waals surface area (Å²) in [6.45, 7) is 0.393. The Balaban J connectivity index is 1.74. The number of nitrogens with one attached hydrogen (secondary N) is 1. The molecule has 0 aliphatic carbocycles. The number of nitrogens with zero attached hydrogens (tertiary/aromatic N) is 2. The number of nitrogens with two attached hydrogens (primary N) is 1. The number of primary amides is 1. The lowest BCUT2D eigenvalue weighted by Crippen LogP contribution is -2.23. The van der Waals surface area contributed by atoms with E-state index < -0.39 is 5.91 Å². The topological polar surface area (TPSA) is 98.0 Å². The summed E-state index contributed by atoms with van der Waals surface area (Å²) in [6, 6.07) is 12.3. The van der Waals surface area contributed by atoms with Crippen LogP contribution in [0.4, 0.5) is 0 Å². The molecule has 3 rings (SSSR count). The Morgan fingerprint density at radius 2 is 1.72 bits per heavy atom. The molecule has 0 aliphatic rings. The number of benzene rings is 1. The summed E-state index contributed by atoms with van der Waals surface area (Å²) in [5.41, 5.74) is 8.68. The maximum absolute atomic E-state index is 12.3. The highest BCUT2D eigenvalue weighted by molar-refractivity contribution is 5.95. The molecule has 0 saturated carbocycles. The molecule has 0 radical (unpaired) electrons. The molecule has 0 bridgehead atoms. The summed E-state index contributed by atoms with van der Waals surface area (Å²) in [5, 5.41) is 2.84. The Labute approximate surface area is 144 Å². The zero-order valence-electron chi connectivity index (χ0n) is 13.3. The third-order valence-electron chi connectivity index (χ3n) is 3.68. The van der Waals surface area contributed by atoms with E-state index in [2.05, 4.69) is 15.3 Å². The average molecular weight is 332 g/mol. The second-order valence-electron chi connectivity index (χ2n) is 5.45. The molecular weight excluding hydrogens is 316 g/mol. The van der Waals surface area contributed by atoms with Crippen molar-refractivity contribution in [3.8, 4) is 11.1 Å². The molecule has 0 aliphatic heterocycles. The molecule has 0 atom stereocenters.